The van der Waals surface area contributed by atoms with Gasteiger partial charge in [0.1, 0.15) is 0 Å². The minimum absolute atomic E-state index is 0.201. The summed E-state index contributed by atoms with van der Waals surface area (Å²) in [5.41, 5.74) is 2.46. The second-order valence-corrected chi connectivity index (χ2v) is 12.3. The Bertz CT molecular complexity index is 669. The fourth-order valence-corrected chi connectivity index (χ4v) is 9.58. The van der Waals surface area contributed by atoms with Crippen LogP contribution in [0, 0.1) is 52.3 Å². The summed E-state index contributed by atoms with van der Waals surface area (Å²) in [7, 11) is 2.34. The molecule has 158 valence electrons. The van der Waals surface area contributed by atoms with Crippen molar-refractivity contribution in [2.24, 2.45) is 52.3 Å². The van der Waals surface area contributed by atoms with Crippen molar-refractivity contribution in [3.05, 3.63) is 11.6 Å². The lowest BCUT2D eigenvalue weighted by atomic mass is 9.46. The molecule has 1 N–H and O–H groups in total. The lowest BCUT2D eigenvalue weighted by molar-refractivity contribution is -0.0886. The summed E-state index contributed by atoms with van der Waals surface area (Å²) in [6, 6.07) is 0.709. The first-order chi connectivity index (χ1) is 13.2. The Kier molecular flexibility index (Phi) is 4.43. The Balaban J connectivity index is 1.51. The zero-order chi connectivity index (χ0) is 20.0. The summed E-state index contributed by atoms with van der Waals surface area (Å²) in [4.78, 5) is 2.64. The standard InChI is InChI=1S/C26H43NO/c1-15(2)18-7-9-25(5)19(12-18)13-22(28)23-20(25)8-10-26-14-27(6)17(4)24(26)16(3)11-21(23)26/h13,15-18,20-24,28H,7-12,14H2,1-6H3/t16-,17+,18+,20+,21-,22-,23-,24-,25+,26-/m1/s1. The van der Waals surface area contributed by atoms with E-state index in [0.717, 1.165) is 29.6 Å². The number of nitrogens with zero attached hydrogens (tertiary/aromatic N) is 1. The van der Waals surface area contributed by atoms with Gasteiger partial charge in [-0.3, -0.25) is 0 Å². The highest BCUT2D eigenvalue weighted by Crippen LogP contribution is 2.70. The van der Waals surface area contributed by atoms with Gasteiger partial charge in [0.05, 0.1) is 6.10 Å². The van der Waals surface area contributed by atoms with Crippen LogP contribution in [-0.4, -0.2) is 35.7 Å². The van der Waals surface area contributed by atoms with Gasteiger partial charge >= 0.3 is 0 Å². The molecule has 0 aromatic carbocycles. The molecule has 1 spiro atoms. The Morgan fingerprint density at radius 2 is 1.89 bits per heavy atom. The quantitative estimate of drug-likeness (QED) is 0.614. The molecule has 3 saturated carbocycles. The number of allylic oxidation sites excluding steroid dienone is 1. The minimum Gasteiger partial charge on any atom is -0.389 e. The molecule has 2 heteroatoms. The van der Waals surface area contributed by atoms with Crippen molar-refractivity contribution in [3.8, 4) is 0 Å². The zero-order valence-corrected chi connectivity index (χ0v) is 19.1. The third kappa shape index (κ3) is 2.40. The van der Waals surface area contributed by atoms with E-state index in [1.54, 1.807) is 5.57 Å². The van der Waals surface area contributed by atoms with Crippen molar-refractivity contribution in [2.45, 2.75) is 85.3 Å². The van der Waals surface area contributed by atoms with E-state index in [4.69, 9.17) is 0 Å². The second-order valence-electron chi connectivity index (χ2n) is 12.3. The van der Waals surface area contributed by atoms with Gasteiger partial charge in [0.15, 0.2) is 0 Å². The lowest BCUT2D eigenvalue weighted by Crippen LogP contribution is -2.55. The maximum Gasteiger partial charge on any atom is 0.0757 e. The predicted octanol–water partition coefficient (Wildman–Crippen LogP) is 5.37. The van der Waals surface area contributed by atoms with E-state index < -0.39 is 0 Å². The van der Waals surface area contributed by atoms with E-state index >= 15 is 0 Å². The smallest absolute Gasteiger partial charge is 0.0757 e. The Morgan fingerprint density at radius 3 is 2.61 bits per heavy atom. The van der Waals surface area contributed by atoms with Gasteiger partial charge in [-0.05, 0) is 105 Å². The molecular weight excluding hydrogens is 342 g/mol. The topological polar surface area (TPSA) is 23.5 Å². The number of likely N-dealkylation sites (tertiary alicyclic amines) is 1. The Labute approximate surface area is 173 Å². The van der Waals surface area contributed by atoms with Gasteiger partial charge in [0.25, 0.3) is 0 Å². The summed E-state index contributed by atoms with van der Waals surface area (Å²) in [6.45, 7) is 13.6. The van der Waals surface area contributed by atoms with Crippen molar-refractivity contribution < 1.29 is 5.11 Å². The average Bonchev–Trinajstić information content (AvgIpc) is 3.05. The Hall–Kier alpha value is -0.340. The van der Waals surface area contributed by atoms with Crippen LogP contribution in [0.25, 0.3) is 0 Å². The van der Waals surface area contributed by atoms with Gasteiger partial charge in [0.2, 0.25) is 0 Å². The third-order valence-electron chi connectivity index (χ3n) is 11.0. The van der Waals surface area contributed by atoms with Gasteiger partial charge in [0, 0.05) is 12.6 Å². The van der Waals surface area contributed by atoms with E-state index in [-0.39, 0.29) is 6.10 Å². The molecule has 4 fully saturated rings. The number of rotatable bonds is 1. The fraction of sp³-hybridized carbons (Fsp3) is 0.923. The van der Waals surface area contributed by atoms with Crippen molar-refractivity contribution in [1.82, 2.24) is 4.90 Å². The molecule has 0 radical (unpaired) electrons. The van der Waals surface area contributed by atoms with Crippen LogP contribution in [0.3, 0.4) is 0 Å². The first-order valence-corrected chi connectivity index (χ1v) is 12.3. The highest BCUT2D eigenvalue weighted by Gasteiger charge is 2.67. The van der Waals surface area contributed by atoms with Gasteiger partial charge < -0.3 is 10.0 Å². The molecule has 2 nitrogen and oxygen atoms in total. The van der Waals surface area contributed by atoms with Gasteiger partial charge in [-0.25, -0.2) is 0 Å². The molecule has 28 heavy (non-hydrogen) atoms. The number of hydrogen-bond donors (Lipinski definition) is 1. The highest BCUT2D eigenvalue weighted by atomic mass is 16.3. The average molecular weight is 386 g/mol. The maximum atomic E-state index is 11.5. The first kappa shape index (κ1) is 19.6. The number of aliphatic hydroxyl groups excluding tert-OH is 1. The molecule has 5 rings (SSSR count). The van der Waals surface area contributed by atoms with E-state index in [9.17, 15) is 5.11 Å². The molecule has 4 aliphatic carbocycles. The molecule has 0 bridgehead atoms. The van der Waals surface area contributed by atoms with Gasteiger partial charge in [-0.15, -0.1) is 0 Å². The summed E-state index contributed by atoms with van der Waals surface area (Å²) in [5.74, 6) is 5.17. The van der Waals surface area contributed by atoms with Crippen LogP contribution in [-0.2, 0) is 0 Å². The molecule has 0 amide bonds. The van der Waals surface area contributed by atoms with E-state index in [1.165, 1.54) is 45.1 Å². The van der Waals surface area contributed by atoms with Crippen LogP contribution in [0.15, 0.2) is 11.6 Å². The Morgan fingerprint density at radius 1 is 1.14 bits per heavy atom. The van der Waals surface area contributed by atoms with Crippen LogP contribution in [0.4, 0.5) is 0 Å². The van der Waals surface area contributed by atoms with Crippen LogP contribution < -0.4 is 0 Å². The highest BCUT2D eigenvalue weighted by molar-refractivity contribution is 5.29. The molecule has 0 unspecified atom stereocenters. The molecule has 0 aromatic heterocycles. The summed E-state index contributed by atoms with van der Waals surface area (Å²) < 4.78 is 0. The molecule has 10 atom stereocenters. The molecule has 0 aromatic rings. The molecule has 1 aliphatic heterocycles. The molecule has 1 saturated heterocycles. The zero-order valence-electron chi connectivity index (χ0n) is 19.1. The van der Waals surface area contributed by atoms with E-state index in [0.29, 0.717) is 28.7 Å². The molecule has 1 heterocycles. The fourth-order valence-electron chi connectivity index (χ4n) is 9.58. The SMILES string of the molecule is CC(C)[C@H]1CC[C@@]2(C)C(=C[C@@H](O)[C@H]3[C@H]4C[C@@H](C)[C@@H]5[C@H](C)N(C)C[C@@]54CC[C@@H]32)C1. The maximum absolute atomic E-state index is 11.5. The summed E-state index contributed by atoms with van der Waals surface area (Å²) in [6.07, 6.45) is 10.3. The third-order valence-corrected chi connectivity index (χ3v) is 11.0. The van der Waals surface area contributed by atoms with E-state index in [1.807, 2.05) is 0 Å². The van der Waals surface area contributed by atoms with Crippen LogP contribution in [0.5, 0.6) is 0 Å². The number of hydrogen-bond acceptors (Lipinski definition) is 2. The number of fused-ring (bicyclic) bond motifs is 4. The lowest BCUT2D eigenvalue weighted by Gasteiger charge is -2.59. The summed E-state index contributed by atoms with van der Waals surface area (Å²) in [5, 5.41) is 11.5. The van der Waals surface area contributed by atoms with Crippen molar-refractivity contribution in [2.75, 3.05) is 13.6 Å². The normalized spacial score (nSPS) is 56.1. The van der Waals surface area contributed by atoms with Crippen LogP contribution >= 0.6 is 0 Å². The van der Waals surface area contributed by atoms with Crippen LogP contribution in [0.2, 0.25) is 0 Å². The first-order valence-electron chi connectivity index (χ1n) is 12.3. The molecule has 5 aliphatic rings. The van der Waals surface area contributed by atoms with E-state index in [2.05, 4.69) is 52.6 Å². The van der Waals surface area contributed by atoms with Crippen LogP contribution in [0.1, 0.15) is 73.1 Å². The summed E-state index contributed by atoms with van der Waals surface area (Å²) >= 11 is 0. The van der Waals surface area contributed by atoms with Gasteiger partial charge in [-0.2, -0.15) is 0 Å². The van der Waals surface area contributed by atoms with Crippen molar-refractivity contribution >= 4 is 0 Å². The molecular formula is C26H43NO. The van der Waals surface area contributed by atoms with Gasteiger partial charge in [-0.1, -0.05) is 39.3 Å². The van der Waals surface area contributed by atoms with Crippen molar-refractivity contribution in [1.29, 1.82) is 0 Å². The predicted molar refractivity (Wildman–Crippen MR) is 116 cm³/mol. The second kappa shape index (κ2) is 6.33. The number of aliphatic hydroxyl groups is 1. The minimum atomic E-state index is -0.201. The largest absolute Gasteiger partial charge is 0.389 e. The monoisotopic (exact) mass is 385 g/mol. The van der Waals surface area contributed by atoms with Crippen molar-refractivity contribution in [3.63, 3.8) is 0 Å².